The normalized spacial score (nSPS) is 14.1. The van der Waals surface area contributed by atoms with Gasteiger partial charge in [0, 0.05) is 26.2 Å². The Balaban J connectivity index is 3.88. The summed E-state index contributed by atoms with van der Waals surface area (Å²) in [5.74, 6) is -0.0238. The second-order valence-electron chi connectivity index (χ2n) is 6.16. The van der Waals surface area contributed by atoms with E-state index in [4.69, 9.17) is 14.7 Å². The van der Waals surface area contributed by atoms with Crippen LogP contribution in [0.15, 0.2) is 0 Å². The fraction of sp³-hybridized carbons (Fsp3) is 0.867. The summed E-state index contributed by atoms with van der Waals surface area (Å²) in [6.45, 7) is 9.17. The van der Waals surface area contributed by atoms with Crippen LogP contribution in [0.25, 0.3) is 0 Å². The van der Waals surface area contributed by atoms with Crippen LogP contribution in [0, 0.1) is 17.2 Å². The lowest BCUT2D eigenvalue weighted by molar-refractivity contribution is 0.0526. The monoisotopic (exact) mass is 299 g/mol. The standard InChI is InChI=1S/C15H29N3O3/c1-12(9-16)10-18-13(11-20-5)7-6-8-17-14(19)21-15(2,3)4/h12-13,18H,6-8,10-11H2,1-5H3,(H,17,19). The predicted octanol–water partition coefficient (Wildman–Crippen LogP) is 2.06. The van der Waals surface area contributed by atoms with Gasteiger partial charge in [-0.25, -0.2) is 4.79 Å². The zero-order chi connectivity index (χ0) is 16.3. The van der Waals surface area contributed by atoms with Gasteiger partial charge in [-0.2, -0.15) is 5.26 Å². The minimum atomic E-state index is -0.475. The molecule has 6 heteroatoms. The minimum absolute atomic E-state index is 0.0238. The number of amides is 1. The van der Waals surface area contributed by atoms with Gasteiger partial charge < -0.3 is 20.1 Å². The third-order valence-corrected chi connectivity index (χ3v) is 2.70. The summed E-state index contributed by atoms with van der Waals surface area (Å²) in [4.78, 5) is 11.5. The number of carbonyl (C=O) groups excluding carboxylic acids is 1. The third kappa shape index (κ3) is 12.2. The van der Waals surface area contributed by atoms with E-state index in [1.54, 1.807) is 7.11 Å². The number of methoxy groups -OCH3 is 1. The van der Waals surface area contributed by atoms with Gasteiger partial charge in [-0.05, 0) is 40.5 Å². The van der Waals surface area contributed by atoms with Gasteiger partial charge in [0.25, 0.3) is 0 Å². The molecule has 0 rings (SSSR count). The molecular weight excluding hydrogens is 270 g/mol. The van der Waals surface area contributed by atoms with E-state index in [0.717, 1.165) is 12.8 Å². The molecule has 2 atom stereocenters. The van der Waals surface area contributed by atoms with Crippen LogP contribution in [-0.2, 0) is 9.47 Å². The molecule has 21 heavy (non-hydrogen) atoms. The van der Waals surface area contributed by atoms with Crippen LogP contribution in [0.3, 0.4) is 0 Å². The highest BCUT2D eigenvalue weighted by molar-refractivity contribution is 5.67. The zero-order valence-electron chi connectivity index (χ0n) is 13.9. The Morgan fingerprint density at radius 1 is 1.38 bits per heavy atom. The molecule has 0 aliphatic heterocycles. The van der Waals surface area contributed by atoms with Gasteiger partial charge in [0.1, 0.15) is 5.60 Å². The van der Waals surface area contributed by atoms with Crippen molar-refractivity contribution < 1.29 is 14.3 Å². The molecule has 0 aromatic heterocycles. The molecule has 1 amide bonds. The Morgan fingerprint density at radius 3 is 2.57 bits per heavy atom. The molecule has 0 aromatic carbocycles. The first kappa shape index (κ1) is 19.7. The summed E-state index contributed by atoms with van der Waals surface area (Å²) >= 11 is 0. The Hall–Kier alpha value is -1.32. The number of nitrogens with one attached hydrogen (secondary N) is 2. The Bertz CT molecular complexity index is 334. The molecule has 0 bridgehead atoms. The van der Waals surface area contributed by atoms with Crippen LogP contribution in [-0.4, -0.2) is 44.5 Å². The number of rotatable bonds is 9. The fourth-order valence-corrected chi connectivity index (χ4v) is 1.69. The highest BCUT2D eigenvalue weighted by Crippen LogP contribution is 2.06. The van der Waals surface area contributed by atoms with Gasteiger partial charge in [0.2, 0.25) is 0 Å². The lowest BCUT2D eigenvalue weighted by Crippen LogP contribution is -2.37. The Kier molecular flexibility index (Phi) is 9.76. The van der Waals surface area contributed by atoms with Gasteiger partial charge in [-0.3, -0.25) is 0 Å². The van der Waals surface area contributed by atoms with Gasteiger partial charge >= 0.3 is 6.09 Å². The van der Waals surface area contributed by atoms with Crippen LogP contribution >= 0.6 is 0 Å². The van der Waals surface area contributed by atoms with E-state index in [9.17, 15) is 4.79 Å². The summed E-state index contributed by atoms with van der Waals surface area (Å²) < 4.78 is 10.3. The van der Waals surface area contributed by atoms with Crippen LogP contribution in [0.2, 0.25) is 0 Å². The second kappa shape index (κ2) is 10.4. The number of alkyl carbamates (subject to hydrolysis) is 1. The van der Waals surface area contributed by atoms with Crippen molar-refractivity contribution in [3.8, 4) is 6.07 Å². The van der Waals surface area contributed by atoms with Crippen molar-refractivity contribution in [3.05, 3.63) is 0 Å². The highest BCUT2D eigenvalue weighted by Gasteiger charge is 2.15. The van der Waals surface area contributed by atoms with Crippen molar-refractivity contribution in [3.63, 3.8) is 0 Å². The first-order valence-electron chi connectivity index (χ1n) is 7.37. The number of hydrogen-bond acceptors (Lipinski definition) is 5. The average Bonchev–Trinajstić information content (AvgIpc) is 2.38. The number of nitriles is 1. The summed E-state index contributed by atoms with van der Waals surface area (Å²) in [5.41, 5.74) is -0.475. The molecule has 0 fully saturated rings. The van der Waals surface area contributed by atoms with Gasteiger partial charge in [-0.1, -0.05) is 0 Å². The number of ether oxygens (including phenoxy) is 2. The van der Waals surface area contributed by atoms with Crippen LogP contribution in [0.5, 0.6) is 0 Å². The van der Waals surface area contributed by atoms with E-state index in [1.807, 2.05) is 27.7 Å². The molecule has 0 radical (unpaired) electrons. The molecule has 0 saturated heterocycles. The minimum Gasteiger partial charge on any atom is -0.444 e. The van der Waals surface area contributed by atoms with Crippen molar-refractivity contribution in [2.24, 2.45) is 5.92 Å². The average molecular weight is 299 g/mol. The predicted molar refractivity (Wildman–Crippen MR) is 81.9 cm³/mol. The third-order valence-electron chi connectivity index (χ3n) is 2.70. The van der Waals surface area contributed by atoms with E-state index in [1.165, 1.54) is 0 Å². The maximum absolute atomic E-state index is 11.5. The first-order chi connectivity index (χ1) is 9.78. The smallest absolute Gasteiger partial charge is 0.407 e. The molecule has 0 aliphatic rings. The van der Waals surface area contributed by atoms with Gasteiger partial charge in [0.15, 0.2) is 0 Å². The Labute approximate surface area is 128 Å². The lowest BCUT2D eigenvalue weighted by Gasteiger charge is -2.21. The molecule has 0 spiro atoms. The summed E-state index contributed by atoms with van der Waals surface area (Å²) in [5, 5.41) is 14.8. The molecule has 2 unspecified atom stereocenters. The topological polar surface area (TPSA) is 83.4 Å². The van der Waals surface area contributed by atoms with Crippen LogP contribution < -0.4 is 10.6 Å². The molecule has 122 valence electrons. The molecule has 0 saturated carbocycles. The van der Waals surface area contributed by atoms with Crippen molar-refractivity contribution in [1.82, 2.24) is 10.6 Å². The van der Waals surface area contributed by atoms with Crippen molar-refractivity contribution in [2.75, 3.05) is 26.8 Å². The van der Waals surface area contributed by atoms with E-state index < -0.39 is 11.7 Å². The molecule has 0 heterocycles. The van der Waals surface area contributed by atoms with Crippen LogP contribution in [0.1, 0.15) is 40.5 Å². The van der Waals surface area contributed by atoms with Crippen molar-refractivity contribution in [2.45, 2.75) is 52.2 Å². The molecule has 0 aromatic rings. The van der Waals surface area contributed by atoms with E-state index >= 15 is 0 Å². The summed E-state index contributed by atoms with van der Waals surface area (Å²) in [7, 11) is 1.65. The van der Waals surface area contributed by atoms with E-state index in [-0.39, 0.29) is 12.0 Å². The van der Waals surface area contributed by atoms with Crippen molar-refractivity contribution >= 4 is 6.09 Å². The highest BCUT2D eigenvalue weighted by atomic mass is 16.6. The molecular formula is C15H29N3O3. The largest absolute Gasteiger partial charge is 0.444 e. The van der Waals surface area contributed by atoms with Gasteiger partial charge in [0.05, 0.1) is 18.6 Å². The SMILES string of the molecule is COCC(CCCNC(=O)OC(C)(C)C)NCC(C)C#N. The molecule has 0 aliphatic carbocycles. The molecule has 6 nitrogen and oxygen atoms in total. The van der Waals surface area contributed by atoms with Gasteiger partial charge in [-0.15, -0.1) is 0 Å². The second-order valence-corrected chi connectivity index (χ2v) is 6.16. The lowest BCUT2D eigenvalue weighted by atomic mass is 10.1. The number of nitrogens with zero attached hydrogens (tertiary/aromatic N) is 1. The first-order valence-corrected chi connectivity index (χ1v) is 7.37. The van der Waals surface area contributed by atoms with Crippen molar-refractivity contribution in [1.29, 1.82) is 5.26 Å². The Morgan fingerprint density at radius 2 is 2.05 bits per heavy atom. The summed E-state index contributed by atoms with van der Waals surface area (Å²) in [6, 6.07) is 2.38. The number of hydrogen-bond donors (Lipinski definition) is 2. The number of carbonyl (C=O) groups is 1. The zero-order valence-corrected chi connectivity index (χ0v) is 13.9. The van der Waals surface area contributed by atoms with Crippen LogP contribution in [0.4, 0.5) is 4.79 Å². The summed E-state index contributed by atoms with van der Waals surface area (Å²) in [6.07, 6.45) is 1.29. The molecule has 2 N–H and O–H groups in total. The van der Waals surface area contributed by atoms with E-state index in [2.05, 4.69) is 16.7 Å². The maximum atomic E-state index is 11.5. The quantitative estimate of drug-likeness (QED) is 0.637. The fourth-order valence-electron chi connectivity index (χ4n) is 1.69. The van der Waals surface area contributed by atoms with E-state index in [0.29, 0.717) is 19.7 Å². The maximum Gasteiger partial charge on any atom is 0.407 e.